The fourth-order valence-corrected chi connectivity index (χ4v) is 2.08. The molecule has 5 heteroatoms. The molecule has 0 saturated carbocycles. The Kier molecular flexibility index (Phi) is 2.87. The second-order valence-electron chi connectivity index (χ2n) is 3.24. The van der Waals surface area contributed by atoms with Crippen LogP contribution in [0.4, 0.5) is 0 Å². The number of hydrogen-bond acceptors (Lipinski definition) is 4. The van der Waals surface area contributed by atoms with Crippen LogP contribution in [0.15, 0.2) is 29.6 Å². The van der Waals surface area contributed by atoms with Crippen molar-refractivity contribution in [1.82, 2.24) is 4.98 Å². The number of hydrogen-bond donors (Lipinski definition) is 2. The molecule has 4 nitrogen and oxygen atoms in total. The van der Waals surface area contributed by atoms with Gasteiger partial charge in [-0.1, -0.05) is 0 Å². The highest BCUT2D eigenvalue weighted by Gasteiger charge is 2.07. The Bertz CT molecular complexity index is 504. The molecule has 0 amide bonds. The van der Waals surface area contributed by atoms with Crippen molar-refractivity contribution in [3.05, 3.63) is 34.7 Å². The van der Waals surface area contributed by atoms with Gasteiger partial charge in [0.2, 0.25) is 0 Å². The Balaban J connectivity index is 2.24. The number of rotatable bonds is 3. The number of benzene rings is 1. The SMILES string of the molecule is O=C(O)Cc1nc(-c2ccc(O)cc2)cs1. The Labute approximate surface area is 95.8 Å². The van der Waals surface area contributed by atoms with Crippen molar-refractivity contribution in [2.45, 2.75) is 6.42 Å². The summed E-state index contributed by atoms with van der Waals surface area (Å²) in [5.41, 5.74) is 1.60. The van der Waals surface area contributed by atoms with Gasteiger partial charge in [0, 0.05) is 10.9 Å². The number of aliphatic carboxylic acids is 1. The third-order valence-electron chi connectivity index (χ3n) is 2.02. The van der Waals surface area contributed by atoms with Crippen molar-refractivity contribution in [2.24, 2.45) is 0 Å². The van der Waals surface area contributed by atoms with E-state index in [1.807, 2.05) is 5.38 Å². The molecule has 0 aliphatic rings. The lowest BCUT2D eigenvalue weighted by Gasteiger charge is -1.96. The molecule has 0 spiro atoms. The molecule has 0 bridgehead atoms. The zero-order valence-electron chi connectivity index (χ0n) is 8.25. The maximum absolute atomic E-state index is 10.5. The Morgan fingerprint density at radius 2 is 2.00 bits per heavy atom. The van der Waals surface area contributed by atoms with Crippen LogP contribution in [0.5, 0.6) is 5.75 Å². The largest absolute Gasteiger partial charge is 0.508 e. The normalized spacial score (nSPS) is 10.2. The van der Waals surface area contributed by atoms with E-state index in [2.05, 4.69) is 4.98 Å². The van der Waals surface area contributed by atoms with Crippen LogP contribution >= 0.6 is 11.3 Å². The predicted octanol–water partition coefficient (Wildman–Crippen LogP) is 2.14. The van der Waals surface area contributed by atoms with Crippen LogP contribution in [0.1, 0.15) is 5.01 Å². The molecule has 0 aliphatic carbocycles. The number of nitrogens with zero attached hydrogens (tertiary/aromatic N) is 1. The fourth-order valence-electron chi connectivity index (χ4n) is 1.29. The molecule has 82 valence electrons. The van der Waals surface area contributed by atoms with E-state index in [0.29, 0.717) is 5.01 Å². The van der Waals surface area contributed by atoms with Crippen molar-refractivity contribution in [3.8, 4) is 17.0 Å². The van der Waals surface area contributed by atoms with Gasteiger partial charge < -0.3 is 10.2 Å². The lowest BCUT2D eigenvalue weighted by Crippen LogP contribution is -1.99. The first kappa shape index (κ1) is 10.6. The number of carboxylic acid groups (broad SMARTS) is 1. The Hall–Kier alpha value is -1.88. The van der Waals surface area contributed by atoms with Crippen LogP contribution in [-0.2, 0) is 11.2 Å². The van der Waals surface area contributed by atoms with Crippen LogP contribution in [0.25, 0.3) is 11.3 Å². The Morgan fingerprint density at radius 1 is 1.31 bits per heavy atom. The summed E-state index contributed by atoms with van der Waals surface area (Å²) in [6, 6.07) is 6.64. The molecule has 0 saturated heterocycles. The number of aromatic hydroxyl groups is 1. The summed E-state index contributed by atoms with van der Waals surface area (Å²) in [6.07, 6.45) is -0.0528. The quantitative estimate of drug-likeness (QED) is 0.855. The van der Waals surface area contributed by atoms with E-state index in [-0.39, 0.29) is 12.2 Å². The minimum Gasteiger partial charge on any atom is -0.508 e. The number of phenols is 1. The van der Waals surface area contributed by atoms with Gasteiger partial charge in [0.15, 0.2) is 0 Å². The molecule has 0 radical (unpaired) electrons. The molecular weight excluding hydrogens is 226 g/mol. The van der Waals surface area contributed by atoms with E-state index >= 15 is 0 Å². The van der Waals surface area contributed by atoms with Gasteiger partial charge in [0.05, 0.1) is 12.1 Å². The minimum atomic E-state index is -0.883. The fraction of sp³-hybridized carbons (Fsp3) is 0.0909. The highest BCUT2D eigenvalue weighted by atomic mass is 32.1. The monoisotopic (exact) mass is 235 g/mol. The maximum atomic E-state index is 10.5. The summed E-state index contributed by atoms with van der Waals surface area (Å²) < 4.78 is 0. The average molecular weight is 235 g/mol. The van der Waals surface area contributed by atoms with Gasteiger partial charge in [0.1, 0.15) is 10.8 Å². The summed E-state index contributed by atoms with van der Waals surface area (Å²) in [4.78, 5) is 14.7. The molecule has 1 aromatic heterocycles. The molecule has 2 aromatic rings. The summed E-state index contributed by atoms with van der Waals surface area (Å²) >= 11 is 1.32. The number of thiazole rings is 1. The molecule has 0 aliphatic heterocycles. The molecule has 1 aromatic carbocycles. The van der Waals surface area contributed by atoms with E-state index in [1.54, 1.807) is 24.3 Å². The summed E-state index contributed by atoms with van der Waals surface area (Å²) in [6.45, 7) is 0. The first-order valence-electron chi connectivity index (χ1n) is 4.61. The first-order chi connectivity index (χ1) is 7.65. The van der Waals surface area contributed by atoms with E-state index in [4.69, 9.17) is 10.2 Å². The van der Waals surface area contributed by atoms with Gasteiger partial charge in [0.25, 0.3) is 0 Å². The molecule has 0 fully saturated rings. The molecule has 16 heavy (non-hydrogen) atoms. The number of aromatic nitrogens is 1. The van der Waals surface area contributed by atoms with E-state index in [0.717, 1.165) is 11.3 Å². The van der Waals surface area contributed by atoms with E-state index < -0.39 is 5.97 Å². The van der Waals surface area contributed by atoms with Crippen LogP contribution in [0.2, 0.25) is 0 Å². The topological polar surface area (TPSA) is 70.4 Å². The summed E-state index contributed by atoms with van der Waals surface area (Å²) in [5, 5.41) is 20.1. The Morgan fingerprint density at radius 3 is 2.62 bits per heavy atom. The van der Waals surface area contributed by atoms with Crippen molar-refractivity contribution in [3.63, 3.8) is 0 Å². The number of phenolic OH excluding ortho intramolecular Hbond substituents is 1. The molecule has 2 rings (SSSR count). The number of carboxylic acids is 1. The van der Waals surface area contributed by atoms with Crippen molar-refractivity contribution >= 4 is 17.3 Å². The van der Waals surface area contributed by atoms with Crippen LogP contribution in [0, 0.1) is 0 Å². The summed E-state index contributed by atoms with van der Waals surface area (Å²) in [7, 11) is 0. The third kappa shape index (κ3) is 2.38. The lowest BCUT2D eigenvalue weighted by molar-refractivity contribution is -0.136. The second-order valence-corrected chi connectivity index (χ2v) is 4.19. The third-order valence-corrected chi connectivity index (χ3v) is 2.87. The standard InChI is InChI=1S/C11H9NO3S/c13-8-3-1-7(2-4-8)9-6-16-10(12-9)5-11(14)15/h1-4,6,13H,5H2,(H,14,15). The van der Waals surface area contributed by atoms with Crippen molar-refractivity contribution in [1.29, 1.82) is 0 Å². The van der Waals surface area contributed by atoms with Gasteiger partial charge in [-0.05, 0) is 24.3 Å². The van der Waals surface area contributed by atoms with Gasteiger partial charge >= 0.3 is 5.97 Å². The predicted molar refractivity (Wildman–Crippen MR) is 60.6 cm³/mol. The van der Waals surface area contributed by atoms with Crippen LogP contribution in [0.3, 0.4) is 0 Å². The molecule has 0 unspecified atom stereocenters. The van der Waals surface area contributed by atoms with E-state index in [9.17, 15) is 4.79 Å². The molecular formula is C11H9NO3S. The van der Waals surface area contributed by atoms with Gasteiger partial charge in [-0.25, -0.2) is 4.98 Å². The van der Waals surface area contributed by atoms with Crippen molar-refractivity contribution in [2.75, 3.05) is 0 Å². The lowest BCUT2D eigenvalue weighted by atomic mass is 10.2. The average Bonchev–Trinajstić information content (AvgIpc) is 2.66. The van der Waals surface area contributed by atoms with Crippen LogP contribution < -0.4 is 0 Å². The molecule has 0 atom stereocenters. The van der Waals surface area contributed by atoms with Gasteiger partial charge in [-0.15, -0.1) is 11.3 Å². The van der Waals surface area contributed by atoms with Gasteiger partial charge in [-0.2, -0.15) is 0 Å². The zero-order chi connectivity index (χ0) is 11.5. The van der Waals surface area contributed by atoms with Gasteiger partial charge in [-0.3, -0.25) is 4.79 Å². The number of carbonyl (C=O) groups is 1. The first-order valence-corrected chi connectivity index (χ1v) is 5.49. The highest BCUT2D eigenvalue weighted by molar-refractivity contribution is 7.10. The van der Waals surface area contributed by atoms with Crippen molar-refractivity contribution < 1.29 is 15.0 Å². The molecule has 2 N–H and O–H groups in total. The summed E-state index contributed by atoms with van der Waals surface area (Å²) in [5.74, 6) is -0.684. The molecule has 1 heterocycles. The highest BCUT2D eigenvalue weighted by Crippen LogP contribution is 2.23. The van der Waals surface area contributed by atoms with Crippen LogP contribution in [-0.4, -0.2) is 21.2 Å². The zero-order valence-corrected chi connectivity index (χ0v) is 9.07. The second kappa shape index (κ2) is 4.32. The maximum Gasteiger partial charge on any atom is 0.310 e. The smallest absolute Gasteiger partial charge is 0.310 e. The van der Waals surface area contributed by atoms with E-state index in [1.165, 1.54) is 11.3 Å². The minimum absolute atomic E-state index is 0.0528.